The maximum absolute atomic E-state index is 12.1. The van der Waals surface area contributed by atoms with Gasteiger partial charge in [-0.15, -0.1) is 0 Å². The van der Waals surface area contributed by atoms with Gasteiger partial charge in [-0.05, 0) is 40.0 Å². The van der Waals surface area contributed by atoms with Gasteiger partial charge in [-0.3, -0.25) is 0 Å². The van der Waals surface area contributed by atoms with Crippen molar-refractivity contribution in [1.82, 2.24) is 5.32 Å². The Hall–Kier alpha value is -2.05. The highest BCUT2D eigenvalue weighted by Gasteiger charge is 2.26. The van der Waals surface area contributed by atoms with Crippen molar-refractivity contribution in [3.8, 4) is 0 Å². The Morgan fingerprint density at radius 2 is 1.62 bits per heavy atom. The van der Waals surface area contributed by atoms with Crippen LogP contribution >= 0.6 is 0 Å². The molecule has 1 atom stereocenters. The topological polar surface area (TPSA) is 90.9 Å². The van der Waals surface area contributed by atoms with Gasteiger partial charge in [0, 0.05) is 5.57 Å². The molecule has 0 heterocycles. The molecule has 0 aliphatic carbocycles. The lowest BCUT2D eigenvalue weighted by Gasteiger charge is -2.23. The minimum absolute atomic E-state index is 0.0712. The third-order valence-electron chi connectivity index (χ3n) is 2.59. The van der Waals surface area contributed by atoms with Crippen LogP contribution < -0.4 is 5.32 Å². The first-order valence-corrected chi connectivity index (χ1v) is 7.91. The van der Waals surface area contributed by atoms with Gasteiger partial charge in [0.2, 0.25) is 0 Å². The van der Waals surface area contributed by atoms with Gasteiger partial charge in [-0.1, -0.05) is 20.4 Å². The molecule has 0 rings (SSSR count). The van der Waals surface area contributed by atoms with Gasteiger partial charge >= 0.3 is 18.0 Å². The molecule has 7 heteroatoms. The number of amides is 1. The maximum Gasteiger partial charge on any atom is 0.408 e. The van der Waals surface area contributed by atoms with Crippen LogP contribution in [-0.2, 0) is 23.8 Å². The van der Waals surface area contributed by atoms with Gasteiger partial charge in [0.15, 0.2) is 0 Å². The van der Waals surface area contributed by atoms with Crippen LogP contribution in [0.15, 0.2) is 12.2 Å². The molecule has 0 aromatic carbocycles. The molecular weight excluding hydrogens is 314 g/mol. The number of esters is 2. The zero-order valence-corrected chi connectivity index (χ0v) is 15.4. The Kier molecular flexibility index (Phi) is 9.10. The van der Waals surface area contributed by atoms with Crippen molar-refractivity contribution in [3.63, 3.8) is 0 Å². The van der Waals surface area contributed by atoms with Crippen molar-refractivity contribution in [2.75, 3.05) is 13.2 Å². The third-order valence-corrected chi connectivity index (χ3v) is 2.59. The summed E-state index contributed by atoms with van der Waals surface area (Å²) in [6, 6.07) is -0.823. The summed E-state index contributed by atoms with van der Waals surface area (Å²) in [6.45, 7) is 13.9. The molecule has 1 N–H and O–H groups in total. The fraction of sp³-hybridized carbons (Fsp3) is 0.706. The molecule has 24 heavy (non-hydrogen) atoms. The van der Waals surface area contributed by atoms with Crippen LogP contribution in [0.25, 0.3) is 0 Å². The van der Waals surface area contributed by atoms with Gasteiger partial charge in [-0.25, -0.2) is 14.4 Å². The zero-order valence-electron chi connectivity index (χ0n) is 15.4. The number of nitrogens with one attached hydrogen (secondary N) is 1. The van der Waals surface area contributed by atoms with E-state index in [1.165, 1.54) is 6.92 Å². The van der Waals surface area contributed by atoms with E-state index in [0.717, 1.165) is 0 Å². The summed E-state index contributed by atoms with van der Waals surface area (Å²) in [5.41, 5.74) is -0.391. The SMILES string of the molecule is C=C(C)C(=O)OCCOC(=O)[C@H](CC(C)C)NC(=O)OC(C)(C)C. The van der Waals surface area contributed by atoms with E-state index in [4.69, 9.17) is 14.2 Å². The number of hydrogen-bond donors (Lipinski definition) is 1. The first kappa shape index (κ1) is 21.9. The van der Waals surface area contributed by atoms with E-state index in [9.17, 15) is 14.4 Å². The second kappa shape index (κ2) is 9.95. The number of ether oxygens (including phenoxy) is 3. The average molecular weight is 343 g/mol. The molecule has 0 saturated heterocycles. The van der Waals surface area contributed by atoms with Crippen molar-refractivity contribution in [3.05, 3.63) is 12.2 Å². The van der Waals surface area contributed by atoms with E-state index in [0.29, 0.717) is 6.42 Å². The van der Waals surface area contributed by atoms with Crippen LogP contribution in [0.2, 0.25) is 0 Å². The van der Waals surface area contributed by atoms with Gasteiger partial charge in [0.25, 0.3) is 0 Å². The molecule has 1 amide bonds. The van der Waals surface area contributed by atoms with E-state index >= 15 is 0 Å². The minimum Gasteiger partial charge on any atom is -0.461 e. The molecule has 0 spiro atoms. The molecule has 0 saturated carbocycles. The summed E-state index contributed by atoms with van der Waals surface area (Å²) in [5.74, 6) is -0.976. The minimum atomic E-state index is -0.823. The highest BCUT2D eigenvalue weighted by Crippen LogP contribution is 2.10. The number of rotatable bonds is 8. The fourth-order valence-corrected chi connectivity index (χ4v) is 1.64. The van der Waals surface area contributed by atoms with E-state index in [1.54, 1.807) is 20.8 Å². The number of hydrogen-bond acceptors (Lipinski definition) is 6. The highest BCUT2D eigenvalue weighted by atomic mass is 16.6. The van der Waals surface area contributed by atoms with Crippen LogP contribution in [0, 0.1) is 5.92 Å². The van der Waals surface area contributed by atoms with Crippen LogP contribution in [0.3, 0.4) is 0 Å². The van der Waals surface area contributed by atoms with Crippen molar-refractivity contribution >= 4 is 18.0 Å². The second-order valence-electron chi connectivity index (χ2n) is 6.91. The van der Waals surface area contributed by atoms with Crippen LogP contribution in [0.5, 0.6) is 0 Å². The van der Waals surface area contributed by atoms with Crippen molar-refractivity contribution in [1.29, 1.82) is 0 Å². The molecule has 0 unspecified atom stereocenters. The van der Waals surface area contributed by atoms with Crippen LogP contribution in [0.4, 0.5) is 4.79 Å². The number of carbonyl (C=O) groups excluding carboxylic acids is 3. The quantitative estimate of drug-likeness (QED) is 0.315. The van der Waals surface area contributed by atoms with E-state index in [1.807, 2.05) is 13.8 Å². The van der Waals surface area contributed by atoms with Crippen LogP contribution in [-0.4, -0.2) is 42.9 Å². The zero-order chi connectivity index (χ0) is 18.9. The molecule has 0 fully saturated rings. The average Bonchev–Trinajstić information content (AvgIpc) is 2.39. The van der Waals surface area contributed by atoms with Gasteiger partial charge in [0.05, 0.1) is 0 Å². The Labute approximate surface area is 143 Å². The monoisotopic (exact) mass is 343 g/mol. The van der Waals surface area contributed by atoms with Crippen molar-refractivity contribution < 1.29 is 28.6 Å². The third kappa shape index (κ3) is 10.6. The standard InChI is InChI=1S/C17H29NO6/c1-11(2)10-13(18-16(21)24-17(5,6)7)15(20)23-9-8-22-14(19)12(3)4/h11,13H,3,8-10H2,1-2,4-7H3,(H,18,21)/t13-/m0/s1. The lowest BCUT2D eigenvalue weighted by atomic mass is 10.0. The summed E-state index contributed by atoms with van der Waals surface area (Å²) >= 11 is 0. The molecule has 0 aromatic rings. The summed E-state index contributed by atoms with van der Waals surface area (Å²) in [4.78, 5) is 35.1. The summed E-state index contributed by atoms with van der Waals surface area (Å²) in [7, 11) is 0. The molecule has 0 aliphatic rings. The van der Waals surface area contributed by atoms with Gasteiger partial charge in [0.1, 0.15) is 24.9 Å². The molecule has 0 aromatic heterocycles. The Morgan fingerprint density at radius 3 is 2.08 bits per heavy atom. The lowest BCUT2D eigenvalue weighted by molar-refractivity contribution is -0.152. The Morgan fingerprint density at radius 1 is 1.08 bits per heavy atom. The first-order chi connectivity index (χ1) is 10.9. The summed E-state index contributed by atoms with van der Waals surface area (Å²) < 4.78 is 15.0. The Bertz CT molecular complexity index is 464. The van der Waals surface area contributed by atoms with E-state index < -0.39 is 29.7 Å². The normalized spacial score (nSPS) is 12.3. The van der Waals surface area contributed by atoms with E-state index in [-0.39, 0.29) is 24.7 Å². The van der Waals surface area contributed by atoms with Crippen molar-refractivity contribution in [2.24, 2.45) is 5.92 Å². The summed E-state index contributed by atoms with van der Waals surface area (Å²) in [5, 5.41) is 2.52. The molecular formula is C17H29NO6. The predicted molar refractivity (Wildman–Crippen MR) is 89.3 cm³/mol. The lowest BCUT2D eigenvalue weighted by Crippen LogP contribution is -2.45. The van der Waals surface area contributed by atoms with Gasteiger partial charge in [-0.2, -0.15) is 0 Å². The van der Waals surface area contributed by atoms with Crippen molar-refractivity contribution in [2.45, 2.75) is 59.6 Å². The smallest absolute Gasteiger partial charge is 0.408 e. The number of carbonyl (C=O) groups is 3. The van der Waals surface area contributed by atoms with Gasteiger partial charge < -0.3 is 19.5 Å². The highest BCUT2D eigenvalue weighted by molar-refractivity contribution is 5.87. The molecule has 138 valence electrons. The molecule has 0 radical (unpaired) electrons. The molecule has 7 nitrogen and oxygen atoms in total. The largest absolute Gasteiger partial charge is 0.461 e. The van der Waals surface area contributed by atoms with Crippen LogP contribution in [0.1, 0.15) is 48.0 Å². The predicted octanol–water partition coefficient (Wildman–Crippen LogP) is 2.59. The molecule has 0 bridgehead atoms. The number of alkyl carbamates (subject to hydrolysis) is 1. The first-order valence-electron chi connectivity index (χ1n) is 7.91. The van der Waals surface area contributed by atoms with E-state index in [2.05, 4.69) is 11.9 Å². The molecule has 0 aliphatic heterocycles. The fourth-order valence-electron chi connectivity index (χ4n) is 1.64. The summed E-state index contributed by atoms with van der Waals surface area (Å²) in [6.07, 6.45) is -0.275. The second-order valence-corrected chi connectivity index (χ2v) is 6.91. The Balaban J connectivity index is 4.47. The maximum atomic E-state index is 12.1.